The zero-order valence-electron chi connectivity index (χ0n) is 27.0. The van der Waals surface area contributed by atoms with E-state index in [9.17, 15) is 0 Å². The number of hydrogen-bond acceptors (Lipinski definition) is 1. The van der Waals surface area contributed by atoms with Gasteiger partial charge in [-0.25, -0.2) is 0 Å². The smallest absolute Gasteiger partial charge is 0.129 e. The van der Waals surface area contributed by atoms with E-state index < -0.39 is 91.6 Å². The molecule has 2 aromatic rings. The molecule has 0 aliphatic carbocycles. The fraction of sp³-hybridized carbons (Fsp3) is 0.294. The minimum atomic E-state index is -3.81. The van der Waals surface area contributed by atoms with Crippen molar-refractivity contribution in [1.82, 2.24) is 0 Å². The molecule has 0 aliphatic heterocycles. The van der Waals surface area contributed by atoms with Crippen LogP contribution in [0.15, 0.2) is 54.4 Å². The van der Waals surface area contributed by atoms with Gasteiger partial charge < -0.3 is 10.1 Å². The molecule has 0 heterocycles. The van der Waals surface area contributed by atoms with Crippen molar-refractivity contribution < 1.29 is 33.4 Å². The molecule has 2 nitrogen and oxygen atoms in total. The molecule has 100 valence electrons. The maximum atomic E-state index is 8.94. The number of hydrogen-bond donors (Lipinski definition) is 1. The second-order valence-electron chi connectivity index (χ2n) is 3.30. The van der Waals surface area contributed by atoms with Gasteiger partial charge in [0.15, 0.2) is 0 Å². The second kappa shape index (κ2) is 6.95. The Kier molecular flexibility index (Phi) is 1.33. The van der Waals surface area contributed by atoms with Crippen LogP contribution in [0.1, 0.15) is 46.9 Å². The van der Waals surface area contributed by atoms with Crippen LogP contribution < -0.4 is 10.1 Å². The van der Waals surface area contributed by atoms with E-state index in [0.717, 1.165) is 6.92 Å². The van der Waals surface area contributed by atoms with E-state index in [1.807, 2.05) is 0 Å². The molecule has 0 fully saturated rings. The molecule has 2 heteroatoms. The van der Waals surface area contributed by atoms with E-state index >= 15 is 0 Å². The van der Waals surface area contributed by atoms with Gasteiger partial charge in [-0.1, -0.05) is 48.3 Å². The average molecular weight is 273 g/mol. The first kappa shape index (κ1) is 3.64. The second-order valence-corrected chi connectivity index (χ2v) is 3.30. The molecule has 0 saturated carbocycles. The van der Waals surface area contributed by atoms with E-state index in [2.05, 4.69) is 0 Å². The van der Waals surface area contributed by atoms with Gasteiger partial charge in [-0.3, -0.25) is 0 Å². The summed E-state index contributed by atoms with van der Waals surface area (Å²) >= 11 is 0. The normalized spacial score (nSPS) is 28.8. The molecule has 0 bridgehead atoms. The molecular formula is C17H22NO+. The highest BCUT2D eigenvalue weighted by Crippen LogP contribution is 2.26. The molecule has 0 aromatic heterocycles. The molecule has 0 aliphatic rings. The lowest BCUT2D eigenvalue weighted by atomic mass is 10.1. The maximum Gasteiger partial charge on any atom is 0.129 e. The van der Waals surface area contributed by atoms with E-state index in [4.69, 9.17) is 28.0 Å². The Balaban J connectivity index is 3.05. The molecule has 0 saturated heterocycles. The van der Waals surface area contributed by atoms with Crippen molar-refractivity contribution in [3.05, 3.63) is 65.5 Å². The molecule has 0 amide bonds. The lowest BCUT2D eigenvalue weighted by molar-refractivity contribution is -0.628. The highest BCUT2D eigenvalue weighted by Gasteiger charge is 2.14. The van der Waals surface area contributed by atoms with Crippen molar-refractivity contribution in [2.24, 2.45) is 0 Å². The third-order valence-electron chi connectivity index (χ3n) is 2.02. The zero-order valence-corrected chi connectivity index (χ0v) is 9.99. The highest BCUT2D eigenvalue weighted by atomic mass is 16.5. The number of ether oxygens (including phenoxy) is 1. The highest BCUT2D eigenvalue weighted by molar-refractivity contribution is 5.32. The Hall–Kier alpha value is -1.80. The summed E-state index contributed by atoms with van der Waals surface area (Å²) in [7, 11) is 0. The fourth-order valence-corrected chi connectivity index (χ4v) is 1.17. The Morgan fingerprint density at radius 3 is 2.79 bits per heavy atom. The van der Waals surface area contributed by atoms with Crippen molar-refractivity contribution in [3.63, 3.8) is 0 Å². The minimum Gasteiger partial charge on any atom is -0.485 e. The van der Waals surface area contributed by atoms with Gasteiger partial charge in [-0.2, -0.15) is 0 Å². The van der Waals surface area contributed by atoms with Gasteiger partial charge in [0.05, 0.1) is 34.0 Å². The van der Waals surface area contributed by atoms with Gasteiger partial charge in [0.2, 0.25) is 0 Å². The van der Waals surface area contributed by atoms with Crippen molar-refractivity contribution in [3.8, 4) is 5.75 Å². The Morgan fingerprint density at radius 2 is 2.00 bits per heavy atom. The van der Waals surface area contributed by atoms with Gasteiger partial charge in [0.25, 0.3) is 0 Å². The summed E-state index contributed by atoms with van der Waals surface area (Å²) in [5, 5.41) is -0.0326. The molecular weight excluding hydrogens is 234 g/mol. The summed E-state index contributed by atoms with van der Waals surface area (Å²) in [4.78, 5) is 0. The van der Waals surface area contributed by atoms with Gasteiger partial charge in [0, 0.05) is 9.11 Å². The first-order valence-corrected chi connectivity index (χ1v) is 5.24. The Labute approximate surface area is 139 Å². The standard InChI is InChI=1S/C17H21NO/c1-14-8-6-7-11-16(14)19-17(12-13-18-2)15-9-4-3-5-10-15/h3-11,17-18H,12-13H2,1-2H3/p+1/i2D3,3D,4D,5D,6D,7D,8D,9D,10D,11D,12D2,13D2,17D. The van der Waals surface area contributed by atoms with Crippen LogP contribution in [0.4, 0.5) is 0 Å². The average Bonchev–Trinajstić information content (AvgIpc) is 2.74. The SMILES string of the molecule is [2H]c1c([2H])c([2H])c(C([2H])(Oc2c([2H])c([2H])c([2H])c([2H])c2C)C([2H])([2H])C([2H])([2H])[NH2+]C([2H])([2H])[2H])c([2H])c1[2H]. The fourth-order valence-electron chi connectivity index (χ4n) is 1.17. The number of benzene rings is 2. The molecule has 0 spiro atoms. The van der Waals surface area contributed by atoms with E-state index in [1.165, 1.54) is 0 Å². The number of para-hydroxylation sites is 1. The zero-order chi connectivity index (χ0) is 28.3. The van der Waals surface area contributed by atoms with Gasteiger partial charge in [0.1, 0.15) is 11.8 Å². The van der Waals surface area contributed by atoms with Gasteiger partial charge in [-0.15, -0.1) is 0 Å². The van der Waals surface area contributed by atoms with Crippen LogP contribution in [0.25, 0.3) is 0 Å². The van der Waals surface area contributed by atoms with E-state index in [-0.39, 0.29) is 10.9 Å². The van der Waals surface area contributed by atoms with Crippen molar-refractivity contribution in [2.45, 2.75) is 19.4 Å². The molecule has 1 unspecified atom stereocenters. The van der Waals surface area contributed by atoms with Gasteiger partial charge in [-0.05, 0) is 24.1 Å². The third kappa shape index (κ3) is 3.83. The third-order valence-corrected chi connectivity index (χ3v) is 2.02. The molecule has 1 atom stereocenters. The number of nitrogens with two attached hydrogens (primary N) is 1. The predicted molar refractivity (Wildman–Crippen MR) is 78.3 cm³/mol. The summed E-state index contributed by atoms with van der Waals surface area (Å²) in [5.74, 6) is -0.851. The van der Waals surface area contributed by atoms with Crippen LogP contribution in [0.2, 0.25) is 0 Å². The summed E-state index contributed by atoms with van der Waals surface area (Å²) in [6.07, 6.45) is -7.47. The van der Waals surface area contributed by atoms with E-state index in [1.54, 1.807) is 0 Å². The summed E-state index contributed by atoms with van der Waals surface area (Å²) in [5.41, 5.74) is -1.55. The van der Waals surface area contributed by atoms with Crippen molar-refractivity contribution >= 4 is 0 Å². The quantitative estimate of drug-likeness (QED) is 0.860. The van der Waals surface area contributed by atoms with Crippen LogP contribution >= 0.6 is 0 Å². The minimum absolute atomic E-state index is 0.0326. The number of rotatable bonds is 6. The van der Waals surface area contributed by atoms with Crippen molar-refractivity contribution in [2.75, 3.05) is 13.5 Å². The first-order valence-electron chi connectivity index (χ1n) is 13.7. The van der Waals surface area contributed by atoms with E-state index in [0.29, 0.717) is 0 Å². The van der Waals surface area contributed by atoms with Crippen LogP contribution in [-0.2, 0) is 0 Å². The molecule has 2 N–H and O–H groups in total. The lowest BCUT2D eigenvalue weighted by Gasteiger charge is -2.20. The molecule has 0 radical (unpaired) electrons. The molecule has 19 heavy (non-hydrogen) atoms. The predicted octanol–water partition coefficient (Wildman–Crippen LogP) is 2.70. The van der Waals surface area contributed by atoms with Crippen LogP contribution in [0.5, 0.6) is 5.75 Å². The largest absolute Gasteiger partial charge is 0.485 e. The van der Waals surface area contributed by atoms with Crippen LogP contribution in [0.3, 0.4) is 0 Å². The monoisotopic (exact) mass is 273 g/mol. The number of quaternary nitrogens is 1. The topological polar surface area (TPSA) is 25.8 Å². The summed E-state index contributed by atoms with van der Waals surface area (Å²) in [6.45, 7) is -5.60. The molecule has 2 aromatic carbocycles. The maximum absolute atomic E-state index is 8.94. The van der Waals surface area contributed by atoms with Crippen LogP contribution in [-0.4, -0.2) is 13.5 Å². The van der Waals surface area contributed by atoms with Gasteiger partial charge >= 0.3 is 0 Å². The Bertz CT molecular complexity index is 1150. The summed E-state index contributed by atoms with van der Waals surface area (Å²) in [6, 6.07) is -8.36. The first-order chi connectivity index (χ1) is 16.0. The lowest BCUT2D eigenvalue weighted by Crippen LogP contribution is -2.79. The summed E-state index contributed by atoms with van der Waals surface area (Å²) < 4.78 is 141. The van der Waals surface area contributed by atoms with Crippen molar-refractivity contribution in [1.29, 1.82) is 0 Å². The Morgan fingerprint density at radius 1 is 1.26 bits per heavy atom. The molecule has 2 rings (SSSR count). The van der Waals surface area contributed by atoms with Crippen LogP contribution in [0, 0.1) is 6.92 Å².